The molecule has 0 radical (unpaired) electrons. The molecule has 0 unspecified atom stereocenters. The normalized spacial score (nSPS) is 26.1. The van der Waals surface area contributed by atoms with Crippen molar-refractivity contribution in [2.24, 2.45) is 11.3 Å². The van der Waals surface area contributed by atoms with Gasteiger partial charge in [0.2, 0.25) is 0 Å². The van der Waals surface area contributed by atoms with Crippen LogP contribution in [0.25, 0.3) is 0 Å². The zero-order chi connectivity index (χ0) is 15.1. The molecular formula is C18H30BrNS. The van der Waals surface area contributed by atoms with Crippen LogP contribution in [0.4, 0.5) is 0 Å². The maximum atomic E-state index is 3.64. The van der Waals surface area contributed by atoms with Crippen LogP contribution < -0.4 is 5.32 Å². The molecule has 1 heterocycles. The van der Waals surface area contributed by atoms with E-state index in [0.717, 1.165) is 12.5 Å². The van der Waals surface area contributed by atoms with Crippen LogP contribution in [0.2, 0.25) is 0 Å². The molecular weight excluding hydrogens is 342 g/mol. The van der Waals surface area contributed by atoms with Crippen LogP contribution in [0.15, 0.2) is 15.9 Å². The first kappa shape index (κ1) is 17.5. The van der Waals surface area contributed by atoms with E-state index in [0.29, 0.717) is 5.41 Å². The van der Waals surface area contributed by atoms with Crippen LogP contribution in [0.5, 0.6) is 0 Å². The number of hydrogen-bond donors (Lipinski definition) is 1. The van der Waals surface area contributed by atoms with Crippen LogP contribution >= 0.6 is 27.3 Å². The van der Waals surface area contributed by atoms with Crippen molar-refractivity contribution in [3.8, 4) is 0 Å². The Kier molecular flexibility index (Phi) is 7.24. The minimum atomic E-state index is 0.503. The topological polar surface area (TPSA) is 12.0 Å². The average Bonchev–Trinajstić information content (AvgIpc) is 2.89. The Morgan fingerprint density at radius 3 is 2.67 bits per heavy atom. The number of nitrogens with one attached hydrogen (secondary N) is 1. The molecule has 21 heavy (non-hydrogen) atoms. The third-order valence-corrected chi connectivity index (χ3v) is 6.75. The molecule has 1 aliphatic rings. The molecule has 3 heteroatoms. The lowest BCUT2D eigenvalue weighted by molar-refractivity contribution is 0.140. The zero-order valence-electron chi connectivity index (χ0n) is 13.6. The molecule has 1 fully saturated rings. The molecule has 1 saturated carbocycles. The fourth-order valence-electron chi connectivity index (χ4n) is 3.69. The SMILES string of the molecule is CCCCC1CCC(CNCC)(Cc2cc(Br)cs2)CC1. The Labute approximate surface area is 143 Å². The highest BCUT2D eigenvalue weighted by molar-refractivity contribution is 9.10. The van der Waals surface area contributed by atoms with Crippen molar-refractivity contribution in [3.05, 3.63) is 20.8 Å². The molecule has 1 aromatic heterocycles. The second-order valence-electron chi connectivity index (χ2n) is 6.77. The van der Waals surface area contributed by atoms with E-state index in [4.69, 9.17) is 0 Å². The molecule has 1 aromatic rings. The summed E-state index contributed by atoms with van der Waals surface area (Å²) in [4.78, 5) is 1.55. The van der Waals surface area contributed by atoms with Gasteiger partial charge in [-0.2, -0.15) is 0 Å². The van der Waals surface area contributed by atoms with Crippen molar-refractivity contribution in [1.29, 1.82) is 0 Å². The summed E-state index contributed by atoms with van der Waals surface area (Å²) < 4.78 is 1.25. The van der Waals surface area contributed by atoms with E-state index in [1.807, 2.05) is 11.3 Å². The van der Waals surface area contributed by atoms with E-state index in [1.54, 1.807) is 4.88 Å². The number of halogens is 1. The summed E-state index contributed by atoms with van der Waals surface area (Å²) in [6, 6.07) is 2.32. The minimum absolute atomic E-state index is 0.503. The first-order valence-corrected chi connectivity index (χ1v) is 10.3. The van der Waals surface area contributed by atoms with Gasteiger partial charge in [0.1, 0.15) is 0 Å². The Morgan fingerprint density at radius 2 is 2.10 bits per heavy atom. The van der Waals surface area contributed by atoms with E-state index in [-0.39, 0.29) is 0 Å². The second kappa shape index (κ2) is 8.69. The molecule has 0 amide bonds. The molecule has 1 N–H and O–H groups in total. The number of rotatable bonds is 8. The summed E-state index contributed by atoms with van der Waals surface area (Å²) in [6.07, 6.45) is 11.2. The smallest absolute Gasteiger partial charge is 0.0285 e. The van der Waals surface area contributed by atoms with E-state index >= 15 is 0 Å². The fraction of sp³-hybridized carbons (Fsp3) is 0.778. The van der Waals surface area contributed by atoms with Crippen molar-refractivity contribution < 1.29 is 0 Å². The molecule has 0 saturated heterocycles. The van der Waals surface area contributed by atoms with E-state index < -0.39 is 0 Å². The van der Waals surface area contributed by atoms with E-state index in [9.17, 15) is 0 Å². The highest BCUT2D eigenvalue weighted by Crippen LogP contribution is 2.43. The largest absolute Gasteiger partial charge is 0.316 e. The highest BCUT2D eigenvalue weighted by Gasteiger charge is 2.35. The molecule has 0 spiro atoms. The number of unbranched alkanes of at least 4 members (excludes halogenated alkanes) is 1. The third-order valence-electron chi connectivity index (χ3n) is 5.05. The second-order valence-corrected chi connectivity index (χ2v) is 8.69. The van der Waals surface area contributed by atoms with E-state index in [2.05, 4.69) is 46.5 Å². The van der Waals surface area contributed by atoms with Crippen LogP contribution in [0, 0.1) is 11.3 Å². The quantitative estimate of drug-likeness (QED) is 0.587. The molecule has 0 aliphatic heterocycles. The minimum Gasteiger partial charge on any atom is -0.316 e. The zero-order valence-corrected chi connectivity index (χ0v) is 16.0. The maximum absolute atomic E-state index is 3.64. The van der Waals surface area contributed by atoms with Crippen LogP contribution in [0.3, 0.4) is 0 Å². The Hall–Kier alpha value is 0.140. The molecule has 0 aromatic carbocycles. The van der Waals surface area contributed by atoms with Gasteiger partial charge in [-0.1, -0.05) is 33.1 Å². The Morgan fingerprint density at radius 1 is 1.33 bits per heavy atom. The highest BCUT2D eigenvalue weighted by atomic mass is 79.9. The molecule has 0 atom stereocenters. The van der Waals surface area contributed by atoms with Crippen molar-refractivity contribution >= 4 is 27.3 Å². The van der Waals surface area contributed by atoms with Gasteiger partial charge in [-0.3, -0.25) is 0 Å². The summed E-state index contributed by atoms with van der Waals surface area (Å²) in [5.74, 6) is 0.995. The van der Waals surface area contributed by atoms with Gasteiger partial charge in [0, 0.05) is 21.3 Å². The summed E-state index contributed by atoms with van der Waals surface area (Å²) in [6.45, 7) is 6.82. The van der Waals surface area contributed by atoms with Crippen LogP contribution in [0.1, 0.15) is 63.7 Å². The first-order valence-electron chi connectivity index (χ1n) is 8.61. The van der Waals surface area contributed by atoms with Crippen molar-refractivity contribution in [2.45, 2.75) is 65.2 Å². The standard InChI is InChI=1S/C18H30BrNS/c1-3-5-6-15-7-9-18(10-8-15,14-20-4-2)12-17-11-16(19)13-21-17/h11,13,15,20H,3-10,12,14H2,1-2H3. The van der Waals surface area contributed by atoms with Gasteiger partial charge in [-0.15, -0.1) is 11.3 Å². The fourth-order valence-corrected chi connectivity index (χ4v) is 5.32. The van der Waals surface area contributed by atoms with Crippen molar-refractivity contribution in [2.75, 3.05) is 13.1 Å². The van der Waals surface area contributed by atoms with E-state index in [1.165, 1.54) is 62.4 Å². The molecule has 0 bridgehead atoms. The number of hydrogen-bond acceptors (Lipinski definition) is 2. The molecule has 1 aliphatic carbocycles. The summed E-state index contributed by atoms with van der Waals surface area (Å²) in [5.41, 5.74) is 0.503. The monoisotopic (exact) mass is 371 g/mol. The first-order chi connectivity index (χ1) is 10.2. The van der Waals surface area contributed by atoms with Gasteiger partial charge in [0.15, 0.2) is 0 Å². The third kappa shape index (κ3) is 5.37. The van der Waals surface area contributed by atoms with Gasteiger partial charge in [-0.05, 0) is 72.0 Å². The predicted octanol–water partition coefficient (Wildman–Crippen LogP) is 6.03. The van der Waals surface area contributed by atoms with Gasteiger partial charge in [0.05, 0.1) is 0 Å². The molecule has 1 nitrogen and oxygen atoms in total. The lowest BCUT2D eigenvalue weighted by atomic mass is 9.67. The number of thiophene rings is 1. The lowest BCUT2D eigenvalue weighted by Gasteiger charge is -2.40. The van der Waals surface area contributed by atoms with Gasteiger partial charge < -0.3 is 5.32 Å². The maximum Gasteiger partial charge on any atom is 0.0285 e. The average molecular weight is 372 g/mol. The predicted molar refractivity (Wildman–Crippen MR) is 98.2 cm³/mol. The molecule has 2 rings (SSSR count). The molecule has 120 valence electrons. The van der Waals surface area contributed by atoms with Crippen LogP contribution in [-0.2, 0) is 6.42 Å². The Bertz CT molecular complexity index is 407. The van der Waals surface area contributed by atoms with Crippen LogP contribution in [-0.4, -0.2) is 13.1 Å². The summed E-state index contributed by atoms with van der Waals surface area (Å²) in [7, 11) is 0. The Balaban J connectivity index is 1.95. The summed E-state index contributed by atoms with van der Waals surface area (Å²) in [5, 5.41) is 5.86. The van der Waals surface area contributed by atoms with Gasteiger partial charge >= 0.3 is 0 Å². The van der Waals surface area contributed by atoms with Crippen molar-refractivity contribution in [1.82, 2.24) is 5.32 Å². The lowest BCUT2D eigenvalue weighted by Crippen LogP contribution is -2.39. The summed E-state index contributed by atoms with van der Waals surface area (Å²) >= 11 is 5.52. The van der Waals surface area contributed by atoms with Gasteiger partial charge in [-0.25, -0.2) is 0 Å². The van der Waals surface area contributed by atoms with Crippen molar-refractivity contribution in [3.63, 3.8) is 0 Å². The van der Waals surface area contributed by atoms with Gasteiger partial charge in [0.25, 0.3) is 0 Å².